The van der Waals surface area contributed by atoms with Gasteiger partial charge in [-0.1, -0.05) is 52.3 Å². The predicted octanol–water partition coefficient (Wildman–Crippen LogP) is 8.98. The van der Waals surface area contributed by atoms with E-state index >= 15 is 0 Å². The van der Waals surface area contributed by atoms with E-state index in [0.29, 0.717) is 6.54 Å². The molecule has 0 saturated carbocycles. The molecule has 260 valence electrons. The number of hydrogen-bond acceptors (Lipinski definition) is 5. The molecule has 1 aliphatic carbocycles. The minimum absolute atomic E-state index is 0.0303. The molecule has 7 rings (SSSR count). The van der Waals surface area contributed by atoms with Crippen LogP contribution >= 0.6 is 0 Å². The Morgan fingerprint density at radius 2 is 1.39 bits per heavy atom. The van der Waals surface area contributed by atoms with Gasteiger partial charge in [-0.3, -0.25) is 4.79 Å². The Hall–Kier alpha value is -5.50. The molecule has 8 nitrogen and oxygen atoms in total. The van der Waals surface area contributed by atoms with Crippen LogP contribution < -0.4 is 4.90 Å². The summed E-state index contributed by atoms with van der Waals surface area (Å²) in [5.41, 5.74) is 5.93. The maximum absolute atomic E-state index is 14.0. The van der Waals surface area contributed by atoms with Crippen molar-refractivity contribution in [1.82, 2.24) is 0 Å². The van der Waals surface area contributed by atoms with Crippen molar-refractivity contribution >= 4 is 56.4 Å². The lowest BCUT2D eigenvalue weighted by Gasteiger charge is -2.29. The van der Waals surface area contributed by atoms with Crippen molar-refractivity contribution in [2.45, 2.75) is 71.6 Å². The summed E-state index contributed by atoms with van der Waals surface area (Å²) in [6.07, 6.45) is 6.46. The van der Waals surface area contributed by atoms with Crippen molar-refractivity contribution in [3.05, 3.63) is 118 Å². The molecule has 0 radical (unpaired) electrons. The number of allylic oxidation sites excluding steroid dienone is 5. The Balaban J connectivity index is 1.32. The Morgan fingerprint density at radius 3 is 1.96 bits per heavy atom. The zero-order chi connectivity index (χ0) is 36.6. The molecule has 0 saturated heterocycles. The zero-order valence-electron chi connectivity index (χ0n) is 29.9. The molecule has 0 fully saturated rings. The fraction of sp³-hybridized carbons (Fsp3) is 0.302. The lowest BCUT2D eigenvalue weighted by atomic mass is 9.76. The highest BCUT2D eigenvalue weighted by Gasteiger charge is 2.48. The van der Waals surface area contributed by atoms with Crippen molar-refractivity contribution in [3.63, 3.8) is 0 Å². The summed E-state index contributed by atoms with van der Waals surface area (Å²) in [6, 6.07) is 18.4. The molecular weight excluding hydrogens is 640 g/mol. The number of carboxylic acid groups (broad SMARTS) is 2. The first kappa shape index (κ1) is 34.0. The number of anilines is 1. The number of Topliss-reactive ketones (excluding diaryl/α,β-unsaturated/α-hetero) is 1. The van der Waals surface area contributed by atoms with E-state index in [-0.39, 0.29) is 33.8 Å². The van der Waals surface area contributed by atoms with Crippen molar-refractivity contribution in [3.8, 4) is 0 Å². The van der Waals surface area contributed by atoms with Crippen LogP contribution in [0.3, 0.4) is 0 Å². The normalized spacial score (nSPS) is 19.0. The molecular formula is C43H43N2O6+. The van der Waals surface area contributed by atoms with Crippen LogP contribution in [0.1, 0.15) is 92.6 Å². The van der Waals surface area contributed by atoms with Crippen molar-refractivity contribution in [2.24, 2.45) is 0 Å². The van der Waals surface area contributed by atoms with Crippen LogP contribution in [0, 0.1) is 0 Å². The smallest absolute Gasteiger partial charge is 0.335 e. The fourth-order valence-corrected chi connectivity index (χ4v) is 8.38. The summed E-state index contributed by atoms with van der Waals surface area (Å²) in [4.78, 5) is 39.7. The quantitative estimate of drug-likeness (QED) is 0.119. The van der Waals surface area contributed by atoms with Crippen LogP contribution in [0.5, 0.6) is 0 Å². The molecule has 0 spiro atoms. The lowest BCUT2D eigenvalue weighted by Crippen LogP contribution is -2.32. The Kier molecular flexibility index (Phi) is 8.04. The second-order valence-electron chi connectivity index (χ2n) is 14.9. The number of hydrogen-bond donors (Lipinski definition) is 3. The van der Waals surface area contributed by atoms with Gasteiger partial charge in [-0.15, -0.1) is 0 Å². The fourth-order valence-electron chi connectivity index (χ4n) is 8.38. The van der Waals surface area contributed by atoms with Crippen LogP contribution in [0.25, 0.3) is 21.5 Å². The predicted molar refractivity (Wildman–Crippen MR) is 201 cm³/mol. The van der Waals surface area contributed by atoms with Gasteiger partial charge in [0.05, 0.1) is 27.7 Å². The molecule has 3 N–H and O–H groups in total. The largest absolute Gasteiger partial charge is 0.506 e. The van der Waals surface area contributed by atoms with Crippen LogP contribution in [-0.4, -0.2) is 56.4 Å². The molecule has 0 amide bonds. The van der Waals surface area contributed by atoms with E-state index in [0.717, 1.165) is 81.3 Å². The van der Waals surface area contributed by atoms with E-state index < -0.39 is 22.8 Å². The van der Waals surface area contributed by atoms with Crippen LogP contribution in [-0.2, 0) is 15.6 Å². The summed E-state index contributed by atoms with van der Waals surface area (Å²) in [6.45, 7) is 14.1. The van der Waals surface area contributed by atoms with Gasteiger partial charge in [-0.2, -0.15) is 4.58 Å². The average Bonchev–Trinajstić information content (AvgIpc) is 3.45. The maximum atomic E-state index is 14.0. The first-order chi connectivity index (χ1) is 24.2. The first-order valence-electron chi connectivity index (χ1n) is 17.7. The van der Waals surface area contributed by atoms with Crippen molar-refractivity contribution in [2.75, 3.05) is 18.0 Å². The third kappa shape index (κ3) is 5.10. The van der Waals surface area contributed by atoms with Gasteiger partial charge in [0.2, 0.25) is 11.5 Å². The van der Waals surface area contributed by atoms with E-state index in [9.17, 15) is 29.7 Å². The minimum Gasteiger partial charge on any atom is -0.506 e. The Morgan fingerprint density at radius 1 is 0.784 bits per heavy atom. The van der Waals surface area contributed by atoms with Gasteiger partial charge < -0.3 is 20.2 Å². The van der Waals surface area contributed by atoms with E-state index in [2.05, 4.69) is 51.0 Å². The second kappa shape index (κ2) is 12.1. The van der Waals surface area contributed by atoms with Gasteiger partial charge in [0.25, 0.3) is 0 Å². The number of carboxylic acids is 2. The number of ketones is 1. The zero-order valence-corrected chi connectivity index (χ0v) is 29.9. The van der Waals surface area contributed by atoms with E-state index in [1.54, 1.807) is 24.3 Å². The summed E-state index contributed by atoms with van der Waals surface area (Å²) >= 11 is 0. The molecule has 3 aliphatic rings. The van der Waals surface area contributed by atoms with Crippen LogP contribution in [0.2, 0.25) is 0 Å². The Bertz CT molecular complexity index is 2350. The van der Waals surface area contributed by atoms with Gasteiger partial charge >= 0.3 is 11.9 Å². The second-order valence-corrected chi connectivity index (χ2v) is 14.9. The number of carbonyl (C=O) groups excluding carboxylic acids is 1. The van der Waals surface area contributed by atoms with Crippen molar-refractivity contribution < 1.29 is 34.3 Å². The third-order valence-corrected chi connectivity index (χ3v) is 10.9. The number of aromatic carboxylic acids is 2. The molecule has 4 aromatic carbocycles. The number of benzene rings is 4. The topological polar surface area (TPSA) is 118 Å². The summed E-state index contributed by atoms with van der Waals surface area (Å²) in [5, 5.41) is 34.4. The van der Waals surface area contributed by atoms with Gasteiger partial charge in [-0.25, -0.2) is 9.59 Å². The van der Waals surface area contributed by atoms with Crippen LogP contribution in [0.15, 0.2) is 95.4 Å². The Labute approximate surface area is 297 Å². The van der Waals surface area contributed by atoms with E-state index in [4.69, 9.17) is 0 Å². The summed E-state index contributed by atoms with van der Waals surface area (Å²) < 4.78 is 2.22. The molecule has 8 heteroatoms. The SMILES string of the molecule is CCCCN1/C(=C\C2=C(O)C(=C\C3=[N+](CCC)c4ccc5cc(C(=O)O)ccc5c4C3(C)C)/C2=O)C(C)(C)c2c1ccc1cc(C(=O)O)ccc21. The number of fused-ring (bicyclic) bond motifs is 6. The summed E-state index contributed by atoms with van der Waals surface area (Å²) in [7, 11) is 0. The molecule has 0 unspecified atom stereocenters. The molecule has 51 heavy (non-hydrogen) atoms. The number of nitrogens with zero attached hydrogens (tertiary/aromatic N) is 2. The van der Waals surface area contributed by atoms with Gasteiger partial charge in [-0.05, 0) is 89.9 Å². The third-order valence-electron chi connectivity index (χ3n) is 10.9. The minimum atomic E-state index is -0.973. The van der Waals surface area contributed by atoms with Gasteiger partial charge in [0.15, 0.2) is 5.71 Å². The number of carbonyl (C=O) groups is 3. The highest BCUT2D eigenvalue weighted by atomic mass is 16.4. The molecule has 2 heterocycles. The highest BCUT2D eigenvalue weighted by molar-refractivity contribution is 6.24. The van der Waals surface area contributed by atoms with Crippen LogP contribution in [0.4, 0.5) is 11.4 Å². The number of aliphatic hydroxyl groups excluding tert-OH is 1. The van der Waals surface area contributed by atoms with E-state index in [1.807, 2.05) is 48.6 Å². The lowest BCUT2D eigenvalue weighted by molar-refractivity contribution is -0.437. The molecule has 0 aromatic heterocycles. The molecule has 2 aliphatic heterocycles. The summed E-state index contributed by atoms with van der Waals surface area (Å²) in [5.74, 6) is -2.19. The number of aliphatic hydroxyl groups is 1. The van der Waals surface area contributed by atoms with E-state index in [1.165, 1.54) is 0 Å². The van der Waals surface area contributed by atoms with Gasteiger partial charge in [0, 0.05) is 47.5 Å². The standard InChI is InChI=1S/C43H42N2O6/c1-7-9-19-45-33-17-13-25-21-27(41(50)51)11-15-29(25)37(33)43(5,6)35(45)23-31-38(46)30(39(31)47)22-34-42(3,4)36-28-14-10-26(40(48)49)20-24(28)12-16-32(36)44(34)18-8-2/h10-17,20-23H,7-9,18-19H2,1-6H3,(H2-,46,47,48,49,50,51)/p+1. The monoisotopic (exact) mass is 683 g/mol. The molecule has 4 aromatic rings. The number of unbranched alkanes of at least 4 members (excludes halogenated alkanes) is 1. The van der Waals surface area contributed by atoms with Gasteiger partial charge in [0.1, 0.15) is 12.3 Å². The maximum Gasteiger partial charge on any atom is 0.335 e. The highest BCUT2D eigenvalue weighted by Crippen LogP contribution is 2.52. The average molecular weight is 684 g/mol. The molecule has 0 atom stereocenters. The number of rotatable bonds is 9. The first-order valence-corrected chi connectivity index (χ1v) is 17.7. The van der Waals surface area contributed by atoms with Crippen molar-refractivity contribution in [1.29, 1.82) is 0 Å². The molecule has 0 bridgehead atoms.